The Morgan fingerprint density at radius 2 is 2.18 bits per heavy atom. The topological polar surface area (TPSA) is 128 Å². The minimum absolute atomic E-state index is 0.0112. The zero-order chi connectivity index (χ0) is 20.6. The number of nitrogens with zero attached hydrogens (tertiary/aromatic N) is 1. The summed E-state index contributed by atoms with van der Waals surface area (Å²) in [5, 5.41) is 25.6. The Balaban J connectivity index is 1.63. The Bertz CT molecular complexity index is 697. The quantitative estimate of drug-likeness (QED) is 0.387. The lowest BCUT2D eigenvalue weighted by Crippen LogP contribution is -2.63. The minimum Gasteiger partial charge on any atom is -0.477 e. The smallest absolute Gasteiger partial charge is 0.353 e. The Morgan fingerprint density at radius 1 is 1.46 bits per heavy atom. The van der Waals surface area contributed by atoms with Crippen LogP contribution in [0.3, 0.4) is 0 Å². The van der Waals surface area contributed by atoms with Crippen molar-refractivity contribution in [3.05, 3.63) is 10.6 Å². The van der Waals surface area contributed by atoms with Crippen molar-refractivity contribution in [3.8, 4) is 0 Å². The normalized spacial score (nSPS) is 32.9. The molecule has 0 unspecified atom stereocenters. The molecule has 2 fully saturated rings. The molecule has 3 aliphatic heterocycles. The van der Waals surface area contributed by atoms with Gasteiger partial charge >= 0.3 is 5.97 Å². The molecule has 10 heteroatoms. The van der Waals surface area contributed by atoms with Crippen molar-refractivity contribution in [2.45, 2.75) is 43.7 Å². The largest absolute Gasteiger partial charge is 0.477 e. The molecule has 2 saturated heterocycles. The fourth-order valence-electron chi connectivity index (χ4n) is 4.22. The first kappa shape index (κ1) is 21.1. The van der Waals surface area contributed by atoms with Gasteiger partial charge in [-0.2, -0.15) is 0 Å². The highest BCUT2D eigenvalue weighted by Gasteiger charge is 2.60. The van der Waals surface area contributed by atoms with E-state index in [-0.39, 0.29) is 47.4 Å². The molecule has 4 N–H and O–H groups in total. The molecule has 6 atom stereocenters. The fourth-order valence-corrected chi connectivity index (χ4v) is 5.74. The predicted molar refractivity (Wildman–Crippen MR) is 102 cm³/mol. The van der Waals surface area contributed by atoms with Crippen LogP contribution in [0.1, 0.15) is 20.3 Å². The number of aliphatic hydroxyl groups excluding tert-OH is 1. The highest BCUT2D eigenvalue weighted by atomic mass is 32.2. The molecule has 3 rings (SSSR count). The van der Waals surface area contributed by atoms with Crippen LogP contribution in [0.4, 0.5) is 0 Å². The summed E-state index contributed by atoms with van der Waals surface area (Å²) in [5.74, 6) is -2.27. The molecular weight excluding hydrogens is 386 g/mol. The van der Waals surface area contributed by atoms with Gasteiger partial charge in [0.25, 0.3) is 0 Å². The predicted octanol–water partition coefficient (Wildman–Crippen LogP) is -0.634. The Labute approximate surface area is 167 Å². The maximum absolute atomic E-state index is 12.4. The molecule has 3 heterocycles. The average Bonchev–Trinajstić information content (AvgIpc) is 3.16. The van der Waals surface area contributed by atoms with Crippen LogP contribution in [-0.4, -0.2) is 83.1 Å². The second-order valence-electron chi connectivity index (χ2n) is 7.54. The average molecular weight is 413 g/mol. The van der Waals surface area contributed by atoms with Crippen molar-refractivity contribution >= 4 is 29.5 Å². The molecule has 2 amide bonds. The number of carbonyl (C=O) groups is 3. The van der Waals surface area contributed by atoms with E-state index in [9.17, 15) is 24.6 Å². The lowest BCUT2D eigenvalue weighted by atomic mass is 9.79. The third-order valence-electron chi connectivity index (χ3n) is 5.62. The van der Waals surface area contributed by atoms with Gasteiger partial charge in [0, 0.05) is 35.7 Å². The molecule has 28 heavy (non-hydrogen) atoms. The van der Waals surface area contributed by atoms with Crippen LogP contribution in [0.2, 0.25) is 0 Å². The van der Waals surface area contributed by atoms with E-state index in [0.29, 0.717) is 18.1 Å². The van der Waals surface area contributed by atoms with Crippen LogP contribution in [-0.2, 0) is 19.1 Å². The van der Waals surface area contributed by atoms with Gasteiger partial charge in [0.2, 0.25) is 11.8 Å². The van der Waals surface area contributed by atoms with E-state index in [2.05, 4.69) is 10.6 Å². The molecule has 156 valence electrons. The van der Waals surface area contributed by atoms with Gasteiger partial charge in [0.15, 0.2) is 0 Å². The van der Waals surface area contributed by atoms with E-state index < -0.39 is 18.0 Å². The summed E-state index contributed by atoms with van der Waals surface area (Å²) in [6.07, 6.45) is -0.0226. The van der Waals surface area contributed by atoms with Crippen LogP contribution in [0.15, 0.2) is 10.6 Å². The molecule has 9 nitrogen and oxygen atoms in total. The van der Waals surface area contributed by atoms with Gasteiger partial charge in [0.05, 0.1) is 24.7 Å². The summed E-state index contributed by atoms with van der Waals surface area (Å²) < 4.78 is 5.40. The Hall–Kier alpha value is -1.62. The number of nitrogens with one attached hydrogen (secondary N) is 2. The lowest BCUT2D eigenvalue weighted by molar-refractivity contribution is -0.163. The highest BCUT2D eigenvalue weighted by molar-refractivity contribution is 8.03. The van der Waals surface area contributed by atoms with E-state index in [1.54, 1.807) is 14.0 Å². The van der Waals surface area contributed by atoms with Crippen LogP contribution in [0.5, 0.6) is 0 Å². The van der Waals surface area contributed by atoms with Crippen molar-refractivity contribution in [3.63, 3.8) is 0 Å². The molecule has 0 aromatic rings. The van der Waals surface area contributed by atoms with Gasteiger partial charge in [-0.25, -0.2) is 4.79 Å². The second kappa shape index (κ2) is 8.40. The molecular formula is C18H27N3O6S. The van der Waals surface area contributed by atoms with Crippen molar-refractivity contribution in [1.82, 2.24) is 15.5 Å². The number of aliphatic carboxylic acids is 1. The number of thioether (sulfide) groups is 1. The first-order valence-corrected chi connectivity index (χ1v) is 10.3. The van der Waals surface area contributed by atoms with Gasteiger partial charge in [-0.3, -0.25) is 9.59 Å². The molecule has 0 spiro atoms. The standard InChI is InChI=1S/C18H27N3O6S/c1-8-14-13(9(2)22)17(24)21(14)15(18(25)26)16(8)28-11-4-10(20-5-11)6-27-7-12(23)19-3/h8-11,13-14,20,22H,4-7H2,1-3H3,(H,19,23)(H,25,26)/t8-,9-,10+,11+,13-,14-/m1/s1. The second-order valence-corrected chi connectivity index (χ2v) is 8.88. The summed E-state index contributed by atoms with van der Waals surface area (Å²) in [7, 11) is 1.55. The summed E-state index contributed by atoms with van der Waals surface area (Å²) in [5.41, 5.74) is 0.0590. The SMILES string of the molecule is CNC(=O)COC[C@@H]1C[C@H](SC2=C(C(=O)O)N3C(=O)[C@H]([C@@H](C)O)[C@H]3[C@H]2C)CN1. The first-order chi connectivity index (χ1) is 13.3. The maximum atomic E-state index is 12.4. The number of amides is 2. The number of carbonyl (C=O) groups excluding carboxylic acids is 2. The lowest BCUT2D eigenvalue weighted by Gasteiger charge is -2.46. The maximum Gasteiger partial charge on any atom is 0.353 e. The van der Waals surface area contributed by atoms with E-state index in [4.69, 9.17) is 4.74 Å². The number of ether oxygens (including phenoxy) is 1. The first-order valence-electron chi connectivity index (χ1n) is 9.43. The number of carboxylic acid groups (broad SMARTS) is 1. The Morgan fingerprint density at radius 3 is 2.79 bits per heavy atom. The van der Waals surface area contributed by atoms with Crippen molar-refractivity contribution < 1.29 is 29.3 Å². The van der Waals surface area contributed by atoms with E-state index in [1.165, 1.54) is 16.7 Å². The van der Waals surface area contributed by atoms with Crippen molar-refractivity contribution in [1.29, 1.82) is 0 Å². The molecule has 0 aromatic heterocycles. The van der Waals surface area contributed by atoms with Crippen molar-refractivity contribution in [2.24, 2.45) is 11.8 Å². The van der Waals surface area contributed by atoms with Gasteiger partial charge in [-0.1, -0.05) is 6.92 Å². The number of hydrogen-bond acceptors (Lipinski definition) is 7. The monoisotopic (exact) mass is 413 g/mol. The minimum atomic E-state index is -1.11. The summed E-state index contributed by atoms with van der Waals surface area (Å²) in [6.45, 7) is 4.60. The number of aliphatic hydroxyl groups is 1. The highest BCUT2D eigenvalue weighted by Crippen LogP contribution is 2.51. The van der Waals surface area contributed by atoms with Crippen LogP contribution >= 0.6 is 11.8 Å². The number of rotatable bonds is 8. The van der Waals surface area contributed by atoms with Gasteiger partial charge in [-0.05, 0) is 13.3 Å². The van der Waals surface area contributed by atoms with Gasteiger partial charge in [0.1, 0.15) is 12.3 Å². The van der Waals surface area contributed by atoms with Crippen LogP contribution in [0, 0.1) is 11.8 Å². The Kier molecular flexibility index (Phi) is 6.33. The van der Waals surface area contributed by atoms with E-state index in [0.717, 1.165) is 6.42 Å². The molecule has 0 aromatic carbocycles. The third kappa shape index (κ3) is 3.78. The molecule has 0 aliphatic carbocycles. The van der Waals surface area contributed by atoms with E-state index in [1.807, 2.05) is 6.92 Å². The van der Waals surface area contributed by atoms with Crippen LogP contribution in [0.25, 0.3) is 0 Å². The van der Waals surface area contributed by atoms with Gasteiger partial charge in [-0.15, -0.1) is 11.8 Å². The zero-order valence-electron chi connectivity index (χ0n) is 16.2. The van der Waals surface area contributed by atoms with Gasteiger partial charge < -0.3 is 30.5 Å². The number of fused-ring (bicyclic) bond motifs is 1. The fraction of sp³-hybridized carbons (Fsp3) is 0.722. The molecule has 0 saturated carbocycles. The summed E-state index contributed by atoms with van der Waals surface area (Å²) in [6, 6.07) is -0.196. The van der Waals surface area contributed by atoms with E-state index >= 15 is 0 Å². The zero-order valence-corrected chi connectivity index (χ0v) is 17.0. The number of likely N-dealkylation sites (N-methyl/N-ethyl adjacent to an activating group) is 1. The number of carboxylic acids is 1. The van der Waals surface area contributed by atoms with Crippen LogP contribution < -0.4 is 10.6 Å². The third-order valence-corrected chi connectivity index (χ3v) is 7.13. The molecule has 0 bridgehead atoms. The summed E-state index contributed by atoms with van der Waals surface area (Å²) >= 11 is 1.50. The summed E-state index contributed by atoms with van der Waals surface area (Å²) in [4.78, 5) is 37.5. The van der Waals surface area contributed by atoms with Crippen molar-refractivity contribution in [2.75, 3.05) is 26.8 Å². The molecule has 3 aliphatic rings. The number of hydrogen-bond donors (Lipinski definition) is 4. The molecule has 0 radical (unpaired) electrons. The number of β-lactam (4-membered cyclic amide) rings is 1.